The summed E-state index contributed by atoms with van der Waals surface area (Å²) in [6, 6.07) is 8.09. The van der Waals surface area contributed by atoms with E-state index in [0.29, 0.717) is 37.3 Å². The Morgan fingerprint density at radius 1 is 1.07 bits per heavy atom. The molecule has 1 fully saturated rings. The molecule has 1 saturated heterocycles. The molecule has 156 valence electrons. The fourth-order valence-electron chi connectivity index (χ4n) is 3.15. The average molecular weight is 474 g/mol. The number of hydrogen-bond donors (Lipinski definition) is 1. The van der Waals surface area contributed by atoms with Crippen molar-refractivity contribution in [2.24, 2.45) is 0 Å². The van der Waals surface area contributed by atoms with Gasteiger partial charge in [-0.25, -0.2) is 0 Å². The Kier molecular flexibility index (Phi) is 6.63. The summed E-state index contributed by atoms with van der Waals surface area (Å²) in [7, 11) is 0. The highest BCUT2D eigenvalue weighted by Gasteiger charge is 2.33. The zero-order valence-corrected chi connectivity index (χ0v) is 16.9. The first-order chi connectivity index (χ1) is 13.7. The number of benzene rings is 1. The lowest BCUT2D eigenvalue weighted by Crippen LogP contribution is -2.38. The largest absolute Gasteiger partial charge is 0.444 e. The topological polar surface area (TPSA) is 65.8 Å². The number of carbonyl (C=O) groups excluding carboxylic acids is 2. The molecular formula is C19H19BrF3N3O3. The molecule has 0 spiro atoms. The van der Waals surface area contributed by atoms with E-state index in [1.54, 1.807) is 17.0 Å². The van der Waals surface area contributed by atoms with Gasteiger partial charge >= 0.3 is 6.18 Å². The van der Waals surface area contributed by atoms with Gasteiger partial charge in [-0.05, 0) is 46.6 Å². The molecule has 1 aliphatic heterocycles. The van der Waals surface area contributed by atoms with Gasteiger partial charge in [0.2, 0.25) is 5.91 Å². The monoisotopic (exact) mass is 473 g/mol. The fourth-order valence-corrected chi connectivity index (χ4v) is 3.46. The summed E-state index contributed by atoms with van der Waals surface area (Å²) >= 11 is 3.16. The molecule has 3 rings (SSSR count). The van der Waals surface area contributed by atoms with Crippen molar-refractivity contribution in [1.29, 1.82) is 0 Å². The number of para-hydroxylation sites is 1. The minimum atomic E-state index is -4.55. The summed E-state index contributed by atoms with van der Waals surface area (Å²) in [5.74, 6) is -0.538. The molecule has 6 nitrogen and oxygen atoms in total. The van der Waals surface area contributed by atoms with Crippen molar-refractivity contribution < 1.29 is 27.2 Å². The van der Waals surface area contributed by atoms with E-state index < -0.39 is 17.6 Å². The summed E-state index contributed by atoms with van der Waals surface area (Å²) in [5, 5.41) is 2.35. The number of hydrogen-bond acceptors (Lipinski definition) is 4. The molecule has 0 bridgehead atoms. The van der Waals surface area contributed by atoms with Gasteiger partial charge in [0, 0.05) is 26.2 Å². The van der Waals surface area contributed by atoms with E-state index in [2.05, 4.69) is 21.2 Å². The molecule has 0 atom stereocenters. The first kappa shape index (κ1) is 21.4. The Morgan fingerprint density at radius 3 is 2.52 bits per heavy atom. The third kappa shape index (κ3) is 5.60. The number of amides is 2. The lowest BCUT2D eigenvalue weighted by molar-refractivity contribution is -0.137. The number of nitrogens with one attached hydrogen (secondary N) is 1. The van der Waals surface area contributed by atoms with Gasteiger partial charge in [0.15, 0.2) is 10.4 Å². The number of carbonyl (C=O) groups is 2. The Labute approximate surface area is 173 Å². The van der Waals surface area contributed by atoms with Crippen LogP contribution >= 0.6 is 15.9 Å². The van der Waals surface area contributed by atoms with Crippen LogP contribution in [0.2, 0.25) is 0 Å². The third-order valence-electron chi connectivity index (χ3n) is 4.53. The van der Waals surface area contributed by atoms with E-state index in [-0.39, 0.29) is 23.9 Å². The lowest BCUT2D eigenvalue weighted by atomic mass is 10.1. The maximum atomic E-state index is 13.1. The van der Waals surface area contributed by atoms with Gasteiger partial charge < -0.3 is 14.6 Å². The zero-order valence-electron chi connectivity index (χ0n) is 15.3. The predicted molar refractivity (Wildman–Crippen MR) is 103 cm³/mol. The van der Waals surface area contributed by atoms with Gasteiger partial charge in [-0.2, -0.15) is 13.2 Å². The van der Waals surface area contributed by atoms with Crippen LogP contribution in [0, 0.1) is 0 Å². The van der Waals surface area contributed by atoms with Crippen LogP contribution in [-0.2, 0) is 11.0 Å². The minimum absolute atomic E-state index is 0.0550. The summed E-state index contributed by atoms with van der Waals surface area (Å²) < 4.78 is 44.9. The smallest absolute Gasteiger partial charge is 0.418 e. The molecule has 1 N–H and O–H groups in total. The average Bonchev–Trinajstić information content (AvgIpc) is 2.96. The van der Waals surface area contributed by atoms with Gasteiger partial charge in [0.25, 0.3) is 5.91 Å². The Hall–Kier alpha value is -2.33. The zero-order chi connectivity index (χ0) is 21.0. The van der Waals surface area contributed by atoms with Crippen molar-refractivity contribution in [2.75, 3.05) is 38.0 Å². The van der Waals surface area contributed by atoms with Crippen molar-refractivity contribution in [3.05, 3.63) is 52.4 Å². The van der Waals surface area contributed by atoms with Crippen LogP contribution in [0.3, 0.4) is 0 Å². The van der Waals surface area contributed by atoms with Crippen molar-refractivity contribution in [3.8, 4) is 0 Å². The Morgan fingerprint density at radius 2 is 1.83 bits per heavy atom. The Bertz CT molecular complexity index is 885. The first-order valence-corrected chi connectivity index (χ1v) is 9.76. The lowest BCUT2D eigenvalue weighted by Gasteiger charge is -2.21. The van der Waals surface area contributed by atoms with Gasteiger partial charge in [-0.15, -0.1) is 0 Å². The molecule has 0 unspecified atom stereocenters. The maximum absolute atomic E-state index is 13.1. The summed E-state index contributed by atoms with van der Waals surface area (Å²) in [4.78, 5) is 28.2. The highest BCUT2D eigenvalue weighted by Crippen LogP contribution is 2.34. The van der Waals surface area contributed by atoms with E-state index in [0.717, 1.165) is 6.07 Å². The number of halogens is 4. The Balaban J connectivity index is 1.57. The second kappa shape index (κ2) is 9.00. The van der Waals surface area contributed by atoms with E-state index in [1.165, 1.54) is 18.2 Å². The fraction of sp³-hybridized carbons (Fsp3) is 0.368. The summed E-state index contributed by atoms with van der Waals surface area (Å²) in [5.41, 5.74) is -1.15. The maximum Gasteiger partial charge on any atom is 0.418 e. The molecule has 1 aromatic carbocycles. The van der Waals surface area contributed by atoms with Crippen LogP contribution < -0.4 is 5.32 Å². The number of nitrogens with zero attached hydrogens (tertiary/aromatic N) is 2. The van der Waals surface area contributed by atoms with Crippen LogP contribution in [0.1, 0.15) is 22.5 Å². The number of alkyl halides is 3. The normalized spacial score (nSPS) is 15.8. The first-order valence-electron chi connectivity index (χ1n) is 8.97. The van der Waals surface area contributed by atoms with Crippen LogP contribution in [0.25, 0.3) is 0 Å². The van der Waals surface area contributed by atoms with Crippen molar-refractivity contribution in [1.82, 2.24) is 9.80 Å². The highest BCUT2D eigenvalue weighted by molar-refractivity contribution is 9.10. The van der Waals surface area contributed by atoms with Gasteiger partial charge in [0.05, 0.1) is 17.8 Å². The molecule has 0 aliphatic carbocycles. The van der Waals surface area contributed by atoms with Crippen molar-refractivity contribution in [3.63, 3.8) is 0 Å². The minimum Gasteiger partial charge on any atom is -0.444 e. The van der Waals surface area contributed by atoms with Gasteiger partial charge in [-0.1, -0.05) is 12.1 Å². The van der Waals surface area contributed by atoms with Crippen molar-refractivity contribution in [2.45, 2.75) is 12.6 Å². The second-order valence-electron chi connectivity index (χ2n) is 6.62. The highest BCUT2D eigenvalue weighted by atomic mass is 79.9. The van der Waals surface area contributed by atoms with Crippen LogP contribution in [0.4, 0.5) is 18.9 Å². The molecule has 1 aromatic heterocycles. The number of anilines is 1. The summed E-state index contributed by atoms with van der Waals surface area (Å²) in [6.07, 6.45) is -3.91. The second-order valence-corrected chi connectivity index (χ2v) is 7.40. The SMILES string of the molecule is O=C(CN1CCCN(C(=O)c2ccc(Br)o2)CC1)Nc1ccccc1C(F)(F)F. The van der Waals surface area contributed by atoms with E-state index in [1.807, 2.05) is 4.90 Å². The molecule has 2 aromatic rings. The third-order valence-corrected chi connectivity index (χ3v) is 4.96. The molecule has 10 heteroatoms. The van der Waals surface area contributed by atoms with Crippen LogP contribution in [0.5, 0.6) is 0 Å². The van der Waals surface area contributed by atoms with Crippen LogP contribution in [-0.4, -0.2) is 54.3 Å². The molecule has 1 aliphatic rings. The number of furan rings is 1. The molecule has 2 heterocycles. The molecule has 29 heavy (non-hydrogen) atoms. The van der Waals surface area contributed by atoms with Crippen LogP contribution in [0.15, 0.2) is 45.5 Å². The molecule has 2 amide bonds. The number of rotatable bonds is 4. The van der Waals surface area contributed by atoms with Crippen molar-refractivity contribution >= 4 is 33.4 Å². The standard InChI is InChI=1S/C19H19BrF3N3O3/c20-16-7-6-15(29-16)18(28)26-9-3-8-25(10-11-26)12-17(27)24-14-5-2-1-4-13(14)19(21,22)23/h1-2,4-7H,3,8-12H2,(H,24,27). The van der Waals surface area contributed by atoms with Gasteiger partial charge in [-0.3, -0.25) is 14.5 Å². The van der Waals surface area contributed by atoms with Gasteiger partial charge in [0.1, 0.15) is 0 Å². The molecule has 0 radical (unpaired) electrons. The molecular weight excluding hydrogens is 455 g/mol. The van der Waals surface area contributed by atoms with E-state index in [4.69, 9.17) is 4.42 Å². The predicted octanol–water partition coefficient (Wildman–Crippen LogP) is 3.85. The quantitative estimate of drug-likeness (QED) is 0.732. The molecule has 0 saturated carbocycles. The van der Waals surface area contributed by atoms with E-state index >= 15 is 0 Å². The van der Waals surface area contributed by atoms with E-state index in [9.17, 15) is 22.8 Å². The summed E-state index contributed by atoms with van der Waals surface area (Å²) in [6.45, 7) is 1.83.